The van der Waals surface area contributed by atoms with Crippen LogP contribution in [0.15, 0.2) is 24.3 Å². The lowest BCUT2D eigenvalue weighted by molar-refractivity contribution is 0.0921. The molecule has 3 heteroatoms. The highest BCUT2D eigenvalue weighted by Crippen LogP contribution is 2.15. The third-order valence-electron chi connectivity index (χ3n) is 2.63. The molecule has 0 saturated heterocycles. The second-order valence-corrected chi connectivity index (χ2v) is 5.81. The molecular weight excluding hydrogens is 278 g/mol. The van der Waals surface area contributed by atoms with Crippen molar-refractivity contribution in [3.63, 3.8) is 0 Å². The van der Waals surface area contributed by atoms with Crippen LogP contribution >= 0.6 is 15.9 Å². The molecule has 0 radical (unpaired) electrons. The minimum Gasteiger partial charge on any atom is -0.346 e. The molecule has 0 saturated carbocycles. The van der Waals surface area contributed by atoms with Gasteiger partial charge in [-0.1, -0.05) is 41.9 Å². The predicted molar refractivity (Wildman–Crippen MR) is 75.9 cm³/mol. The van der Waals surface area contributed by atoms with E-state index in [0.29, 0.717) is 11.5 Å². The van der Waals surface area contributed by atoms with Crippen LogP contribution in [0.5, 0.6) is 0 Å². The molecule has 0 aliphatic rings. The summed E-state index contributed by atoms with van der Waals surface area (Å²) in [4.78, 5) is 12.0. The molecule has 1 amide bonds. The lowest BCUT2D eigenvalue weighted by Crippen LogP contribution is -2.44. The summed E-state index contributed by atoms with van der Waals surface area (Å²) >= 11 is 3.39. The number of hydrogen-bond acceptors (Lipinski definition) is 1. The second-order valence-electron chi connectivity index (χ2n) is 5.25. The van der Waals surface area contributed by atoms with Gasteiger partial charge in [0.05, 0.1) is 0 Å². The SMILES string of the molecule is CC(C)c1ccc(C(=O)NC(C)(C)CBr)cc1. The highest BCUT2D eigenvalue weighted by atomic mass is 79.9. The maximum absolute atomic E-state index is 12.0. The van der Waals surface area contributed by atoms with Crippen molar-refractivity contribution >= 4 is 21.8 Å². The molecule has 0 atom stereocenters. The first-order valence-corrected chi connectivity index (χ1v) is 6.96. The van der Waals surface area contributed by atoms with Crippen LogP contribution in [0.25, 0.3) is 0 Å². The standard InChI is InChI=1S/C14H20BrNO/c1-10(2)11-5-7-12(8-6-11)13(17)16-14(3,4)9-15/h5-8,10H,9H2,1-4H3,(H,16,17). The molecule has 0 fully saturated rings. The van der Waals surface area contributed by atoms with Crippen molar-refractivity contribution in [2.75, 3.05) is 5.33 Å². The van der Waals surface area contributed by atoms with Gasteiger partial charge in [0.25, 0.3) is 5.91 Å². The van der Waals surface area contributed by atoms with Crippen LogP contribution < -0.4 is 5.32 Å². The fourth-order valence-electron chi connectivity index (χ4n) is 1.43. The zero-order valence-electron chi connectivity index (χ0n) is 10.9. The Labute approximate surface area is 112 Å². The van der Waals surface area contributed by atoms with Crippen molar-refractivity contribution in [3.05, 3.63) is 35.4 Å². The first-order chi connectivity index (χ1) is 7.85. The van der Waals surface area contributed by atoms with E-state index in [9.17, 15) is 4.79 Å². The number of carbonyl (C=O) groups is 1. The quantitative estimate of drug-likeness (QED) is 0.843. The lowest BCUT2D eigenvalue weighted by atomic mass is 10.0. The first kappa shape index (κ1) is 14.2. The number of rotatable bonds is 4. The molecule has 17 heavy (non-hydrogen) atoms. The van der Waals surface area contributed by atoms with Gasteiger partial charge in [0.2, 0.25) is 0 Å². The highest BCUT2D eigenvalue weighted by Gasteiger charge is 2.19. The third kappa shape index (κ3) is 4.15. The molecular formula is C14H20BrNO. The highest BCUT2D eigenvalue weighted by molar-refractivity contribution is 9.09. The van der Waals surface area contributed by atoms with E-state index in [2.05, 4.69) is 35.1 Å². The Kier molecular flexibility index (Phi) is 4.75. The van der Waals surface area contributed by atoms with Gasteiger partial charge in [-0.15, -0.1) is 0 Å². The first-order valence-electron chi connectivity index (χ1n) is 5.84. The summed E-state index contributed by atoms with van der Waals surface area (Å²) in [6.07, 6.45) is 0. The normalized spacial score (nSPS) is 11.6. The summed E-state index contributed by atoms with van der Waals surface area (Å²) < 4.78 is 0. The van der Waals surface area contributed by atoms with E-state index in [1.165, 1.54) is 5.56 Å². The van der Waals surface area contributed by atoms with Crippen LogP contribution in [0.4, 0.5) is 0 Å². The molecule has 1 N–H and O–H groups in total. The number of carbonyl (C=O) groups excluding carboxylic acids is 1. The van der Waals surface area contributed by atoms with Gasteiger partial charge < -0.3 is 5.32 Å². The molecule has 0 bridgehead atoms. The summed E-state index contributed by atoms with van der Waals surface area (Å²) in [6, 6.07) is 7.80. The molecule has 0 aliphatic heterocycles. The Hall–Kier alpha value is -0.830. The molecule has 0 unspecified atom stereocenters. The molecule has 2 nitrogen and oxygen atoms in total. The molecule has 94 valence electrons. The Morgan fingerprint density at radius 2 is 1.82 bits per heavy atom. The van der Waals surface area contributed by atoms with Crippen molar-refractivity contribution < 1.29 is 4.79 Å². The number of nitrogens with one attached hydrogen (secondary N) is 1. The fourth-order valence-corrected chi connectivity index (χ4v) is 1.57. The Morgan fingerprint density at radius 3 is 2.24 bits per heavy atom. The van der Waals surface area contributed by atoms with Crippen LogP contribution in [0.3, 0.4) is 0 Å². The van der Waals surface area contributed by atoms with Gasteiger partial charge in [-0.2, -0.15) is 0 Å². The number of hydrogen-bond donors (Lipinski definition) is 1. The van der Waals surface area contributed by atoms with E-state index in [4.69, 9.17) is 0 Å². The summed E-state index contributed by atoms with van der Waals surface area (Å²) in [7, 11) is 0. The summed E-state index contributed by atoms with van der Waals surface area (Å²) in [6.45, 7) is 8.26. The van der Waals surface area contributed by atoms with Gasteiger partial charge in [0.1, 0.15) is 0 Å². The van der Waals surface area contributed by atoms with Crippen molar-refractivity contribution in [1.82, 2.24) is 5.32 Å². The molecule has 1 rings (SSSR count). The summed E-state index contributed by atoms with van der Waals surface area (Å²) in [5.74, 6) is 0.468. The Balaban J connectivity index is 2.77. The molecule has 0 heterocycles. The van der Waals surface area contributed by atoms with Gasteiger partial charge in [-0.05, 0) is 37.5 Å². The van der Waals surface area contributed by atoms with Crippen LogP contribution in [-0.4, -0.2) is 16.8 Å². The average molecular weight is 298 g/mol. The van der Waals surface area contributed by atoms with E-state index in [1.54, 1.807) is 0 Å². The molecule has 1 aromatic carbocycles. The van der Waals surface area contributed by atoms with Gasteiger partial charge in [-0.25, -0.2) is 0 Å². The van der Waals surface area contributed by atoms with Gasteiger partial charge in [0.15, 0.2) is 0 Å². The zero-order chi connectivity index (χ0) is 13.1. The molecule has 0 spiro atoms. The second kappa shape index (κ2) is 5.67. The summed E-state index contributed by atoms with van der Waals surface area (Å²) in [5, 5.41) is 3.72. The van der Waals surface area contributed by atoms with E-state index in [1.807, 2.05) is 38.1 Å². The number of halogens is 1. The maximum Gasteiger partial charge on any atom is 0.251 e. The monoisotopic (exact) mass is 297 g/mol. The lowest BCUT2D eigenvalue weighted by Gasteiger charge is -2.23. The number of benzene rings is 1. The third-order valence-corrected chi connectivity index (χ3v) is 4.03. The molecule has 0 aliphatic carbocycles. The van der Waals surface area contributed by atoms with Gasteiger partial charge in [-0.3, -0.25) is 4.79 Å². The van der Waals surface area contributed by atoms with Crippen molar-refractivity contribution in [2.24, 2.45) is 0 Å². The predicted octanol–water partition coefficient (Wildman–Crippen LogP) is 3.71. The van der Waals surface area contributed by atoms with Gasteiger partial charge in [0, 0.05) is 16.4 Å². The van der Waals surface area contributed by atoms with Crippen LogP contribution in [0.2, 0.25) is 0 Å². The van der Waals surface area contributed by atoms with E-state index in [0.717, 1.165) is 5.33 Å². The Bertz CT molecular complexity index is 382. The van der Waals surface area contributed by atoms with Gasteiger partial charge >= 0.3 is 0 Å². The maximum atomic E-state index is 12.0. The topological polar surface area (TPSA) is 29.1 Å². The molecule has 0 aromatic heterocycles. The average Bonchev–Trinajstić information content (AvgIpc) is 2.28. The molecule has 1 aromatic rings. The summed E-state index contributed by atoms with van der Waals surface area (Å²) in [5.41, 5.74) is 1.73. The Morgan fingerprint density at radius 1 is 1.29 bits per heavy atom. The number of amides is 1. The number of alkyl halides is 1. The fraction of sp³-hybridized carbons (Fsp3) is 0.500. The largest absolute Gasteiger partial charge is 0.346 e. The van der Waals surface area contributed by atoms with Crippen LogP contribution in [0.1, 0.15) is 49.5 Å². The van der Waals surface area contributed by atoms with Crippen molar-refractivity contribution in [2.45, 2.75) is 39.2 Å². The van der Waals surface area contributed by atoms with Crippen molar-refractivity contribution in [1.29, 1.82) is 0 Å². The van der Waals surface area contributed by atoms with E-state index in [-0.39, 0.29) is 11.4 Å². The van der Waals surface area contributed by atoms with Crippen LogP contribution in [0, 0.1) is 0 Å². The van der Waals surface area contributed by atoms with E-state index >= 15 is 0 Å². The minimum atomic E-state index is -0.228. The zero-order valence-corrected chi connectivity index (χ0v) is 12.5. The smallest absolute Gasteiger partial charge is 0.251 e. The minimum absolute atomic E-state index is 0.0234. The van der Waals surface area contributed by atoms with Crippen molar-refractivity contribution in [3.8, 4) is 0 Å². The van der Waals surface area contributed by atoms with Crippen LogP contribution in [-0.2, 0) is 0 Å². The van der Waals surface area contributed by atoms with E-state index < -0.39 is 0 Å².